The van der Waals surface area contributed by atoms with Gasteiger partial charge in [-0.1, -0.05) is 6.07 Å². The number of anilines is 3. The summed E-state index contributed by atoms with van der Waals surface area (Å²) in [4.78, 5) is 13.3. The van der Waals surface area contributed by atoms with E-state index < -0.39 is 0 Å². The summed E-state index contributed by atoms with van der Waals surface area (Å²) in [6.45, 7) is 5.12. The van der Waals surface area contributed by atoms with Crippen LogP contribution in [0.25, 0.3) is 11.1 Å². The van der Waals surface area contributed by atoms with Crippen molar-refractivity contribution in [3.63, 3.8) is 0 Å². The van der Waals surface area contributed by atoms with Gasteiger partial charge >= 0.3 is 0 Å². The number of nitrogens with zero attached hydrogens (tertiary/aromatic N) is 4. The highest BCUT2D eigenvalue weighted by molar-refractivity contribution is 5.86. The third kappa shape index (κ3) is 3.93. The Hall–Kier alpha value is -3.20. The molecular formula is C23H27N7O. The van der Waals surface area contributed by atoms with Gasteiger partial charge in [0, 0.05) is 50.7 Å². The second-order valence-corrected chi connectivity index (χ2v) is 7.82. The van der Waals surface area contributed by atoms with Crippen LogP contribution in [0.4, 0.5) is 17.2 Å². The first-order valence-electron chi connectivity index (χ1n) is 10.5. The van der Waals surface area contributed by atoms with Crippen LogP contribution in [0.5, 0.6) is 5.75 Å². The number of hydrogen-bond donors (Lipinski definition) is 3. The summed E-state index contributed by atoms with van der Waals surface area (Å²) in [5, 5.41) is 6.78. The average molecular weight is 418 g/mol. The van der Waals surface area contributed by atoms with E-state index in [1.807, 2.05) is 17.2 Å². The average Bonchev–Trinajstić information content (AvgIpc) is 3.14. The highest BCUT2D eigenvalue weighted by Crippen LogP contribution is 2.41. The summed E-state index contributed by atoms with van der Waals surface area (Å²) in [7, 11) is 1.66. The molecule has 1 aromatic carbocycles. The Morgan fingerprint density at radius 3 is 2.84 bits per heavy atom. The van der Waals surface area contributed by atoms with Crippen molar-refractivity contribution in [3.8, 4) is 16.9 Å². The van der Waals surface area contributed by atoms with E-state index in [2.05, 4.69) is 55.8 Å². The van der Waals surface area contributed by atoms with Crippen LogP contribution >= 0.6 is 0 Å². The number of hydrogen-bond acceptors (Lipinski definition) is 8. The second-order valence-electron chi connectivity index (χ2n) is 7.82. The van der Waals surface area contributed by atoms with Gasteiger partial charge < -0.3 is 15.4 Å². The first-order chi connectivity index (χ1) is 15.2. The third-order valence-corrected chi connectivity index (χ3v) is 5.83. The van der Waals surface area contributed by atoms with Gasteiger partial charge in [0.15, 0.2) is 6.29 Å². The number of methoxy groups -OCH3 is 1. The lowest BCUT2D eigenvalue weighted by Crippen LogP contribution is -2.43. The monoisotopic (exact) mass is 417 g/mol. The Bertz CT molecular complexity index is 1070. The molecule has 2 aliphatic heterocycles. The molecule has 4 heterocycles. The third-order valence-electron chi connectivity index (χ3n) is 5.83. The molecule has 1 saturated heterocycles. The van der Waals surface area contributed by atoms with Crippen LogP contribution in [0, 0.1) is 0 Å². The number of fused-ring (bicyclic) bond motifs is 1. The Balaban J connectivity index is 1.43. The number of piperazine rings is 1. The molecule has 1 atom stereocenters. The fourth-order valence-corrected chi connectivity index (χ4v) is 4.27. The largest absolute Gasteiger partial charge is 0.494 e. The normalized spacial score (nSPS) is 18.5. The predicted octanol–water partition coefficient (Wildman–Crippen LogP) is 2.36. The molecule has 0 spiro atoms. The molecule has 0 saturated carbocycles. The summed E-state index contributed by atoms with van der Waals surface area (Å²) in [6, 6.07) is 12.4. The van der Waals surface area contributed by atoms with Crippen molar-refractivity contribution >= 4 is 17.2 Å². The van der Waals surface area contributed by atoms with Gasteiger partial charge in [-0.2, -0.15) is 0 Å². The number of ether oxygens (including phenoxy) is 1. The van der Waals surface area contributed by atoms with Crippen LogP contribution in [0.15, 0.2) is 55.0 Å². The molecular weight excluding hydrogens is 390 g/mol. The Morgan fingerprint density at radius 1 is 1.13 bits per heavy atom. The molecule has 1 fully saturated rings. The molecule has 8 heteroatoms. The highest BCUT2D eigenvalue weighted by atomic mass is 16.5. The molecule has 160 valence electrons. The van der Waals surface area contributed by atoms with E-state index in [4.69, 9.17) is 10.5 Å². The number of benzene rings is 1. The van der Waals surface area contributed by atoms with Crippen LogP contribution in [-0.4, -0.2) is 54.4 Å². The molecule has 0 bridgehead atoms. The lowest BCUT2D eigenvalue weighted by atomic mass is 10.0. The van der Waals surface area contributed by atoms with E-state index in [1.165, 1.54) is 5.56 Å². The molecule has 2 aromatic heterocycles. The van der Waals surface area contributed by atoms with Crippen LogP contribution < -0.4 is 26.0 Å². The van der Waals surface area contributed by atoms with Crippen LogP contribution in [0.1, 0.15) is 5.56 Å². The maximum Gasteiger partial charge on any atom is 0.158 e. The van der Waals surface area contributed by atoms with Crippen molar-refractivity contribution in [2.24, 2.45) is 5.73 Å². The van der Waals surface area contributed by atoms with Gasteiger partial charge in [-0.25, -0.2) is 4.98 Å². The molecule has 5 rings (SSSR count). The molecule has 31 heavy (non-hydrogen) atoms. The minimum Gasteiger partial charge on any atom is -0.494 e. The van der Waals surface area contributed by atoms with Crippen molar-refractivity contribution < 1.29 is 4.74 Å². The SMILES string of the molecule is COc1cnccc1-c1ccc2c(c1)NC(N)N2c1cc(CN2CCNCC2)ccn1. The number of rotatable bonds is 5. The van der Waals surface area contributed by atoms with Crippen molar-refractivity contribution in [1.82, 2.24) is 20.2 Å². The zero-order valence-corrected chi connectivity index (χ0v) is 17.6. The molecule has 0 aliphatic carbocycles. The Kier molecular flexibility index (Phi) is 5.42. The number of nitrogens with one attached hydrogen (secondary N) is 2. The first-order valence-corrected chi connectivity index (χ1v) is 10.5. The smallest absolute Gasteiger partial charge is 0.158 e. The lowest BCUT2D eigenvalue weighted by Gasteiger charge is -2.28. The topological polar surface area (TPSA) is 91.6 Å². The quantitative estimate of drug-likeness (QED) is 0.583. The fraction of sp³-hybridized carbons (Fsp3) is 0.304. The summed E-state index contributed by atoms with van der Waals surface area (Å²) in [6.07, 6.45) is 4.98. The number of nitrogens with two attached hydrogens (primary N) is 1. The maximum atomic E-state index is 6.46. The van der Waals surface area contributed by atoms with E-state index in [9.17, 15) is 0 Å². The fourth-order valence-electron chi connectivity index (χ4n) is 4.27. The zero-order valence-electron chi connectivity index (χ0n) is 17.6. The molecule has 0 amide bonds. The number of pyridine rings is 2. The van der Waals surface area contributed by atoms with Crippen LogP contribution in [0.2, 0.25) is 0 Å². The molecule has 8 nitrogen and oxygen atoms in total. The maximum absolute atomic E-state index is 6.46. The van der Waals surface area contributed by atoms with Gasteiger partial charge in [0.05, 0.1) is 24.7 Å². The van der Waals surface area contributed by atoms with Gasteiger partial charge in [-0.05, 0) is 41.5 Å². The zero-order chi connectivity index (χ0) is 21.2. The minimum atomic E-state index is -0.383. The van der Waals surface area contributed by atoms with E-state index in [-0.39, 0.29) is 6.29 Å². The summed E-state index contributed by atoms with van der Waals surface area (Å²) < 4.78 is 5.47. The second kappa shape index (κ2) is 8.50. The lowest BCUT2D eigenvalue weighted by molar-refractivity contribution is 0.233. The van der Waals surface area contributed by atoms with Crippen molar-refractivity contribution in [2.45, 2.75) is 12.8 Å². The molecule has 0 radical (unpaired) electrons. The Morgan fingerprint density at radius 2 is 2.00 bits per heavy atom. The van der Waals surface area contributed by atoms with E-state index in [0.29, 0.717) is 0 Å². The van der Waals surface area contributed by atoms with Crippen molar-refractivity contribution in [2.75, 3.05) is 43.5 Å². The van der Waals surface area contributed by atoms with E-state index in [0.717, 1.165) is 66.8 Å². The molecule has 1 unspecified atom stereocenters. The van der Waals surface area contributed by atoms with Crippen molar-refractivity contribution in [1.29, 1.82) is 0 Å². The molecule has 2 aliphatic rings. The summed E-state index contributed by atoms with van der Waals surface area (Å²) in [5.74, 6) is 1.59. The minimum absolute atomic E-state index is 0.383. The van der Waals surface area contributed by atoms with Gasteiger partial charge in [0.1, 0.15) is 11.6 Å². The van der Waals surface area contributed by atoms with E-state index >= 15 is 0 Å². The Labute approximate surface area is 182 Å². The van der Waals surface area contributed by atoms with E-state index in [1.54, 1.807) is 19.5 Å². The van der Waals surface area contributed by atoms with Crippen molar-refractivity contribution in [3.05, 3.63) is 60.6 Å². The van der Waals surface area contributed by atoms with Gasteiger partial charge in [-0.15, -0.1) is 0 Å². The van der Waals surface area contributed by atoms with Crippen LogP contribution in [0.3, 0.4) is 0 Å². The van der Waals surface area contributed by atoms with Crippen LogP contribution in [-0.2, 0) is 6.54 Å². The molecule has 3 aromatic rings. The first kappa shape index (κ1) is 19.7. The summed E-state index contributed by atoms with van der Waals surface area (Å²) >= 11 is 0. The number of aromatic nitrogens is 2. The highest BCUT2D eigenvalue weighted by Gasteiger charge is 2.29. The van der Waals surface area contributed by atoms with Gasteiger partial charge in [0.25, 0.3) is 0 Å². The van der Waals surface area contributed by atoms with Gasteiger partial charge in [0.2, 0.25) is 0 Å². The predicted molar refractivity (Wildman–Crippen MR) is 122 cm³/mol. The standard InChI is InChI=1S/C23H27N7O/c1-31-21-14-26-6-5-18(21)17-2-3-20-19(13-17)28-23(24)30(20)22-12-16(4-7-27-22)15-29-10-8-25-9-11-29/h2-7,12-14,23,25,28H,8-11,15,24H2,1H3. The summed E-state index contributed by atoms with van der Waals surface area (Å²) in [5.41, 5.74) is 11.7. The van der Waals surface area contributed by atoms with Gasteiger partial charge in [-0.3, -0.25) is 20.5 Å². The molecule has 4 N–H and O–H groups in total.